The molecular formula is C15H19F2NO3. The van der Waals surface area contributed by atoms with Gasteiger partial charge in [0.25, 0.3) is 0 Å². The van der Waals surface area contributed by atoms with E-state index in [1.165, 1.54) is 0 Å². The summed E-state index contributed by atoms with van der Waals surface area (Å²) in [7, 11) is 0. The van der Waals surface area contributed by atoms with Crippen LogP contribution in [0.3, 0.4) is 0 Å². The van der Waals surface area contributed by atoms with Gasteiger partial charge >= 0.3 is 5.97 Å². The number of carboxylic acid groups (broad SMARTS) is 1. The van der Waals surface area contributed by atoms with E-state index in [9.17, 15) is 18.4 Å². The molecule has 1 amide bonds. The summed E-state index contributed by atoms with van der Waals surface area (Å²) in [5.74, 6) is -4.32. The van der Waals surface area contributed by atoms with Gasteiger partial charge in [-0.05, 0) is 17.4 Å². The lowest BCUT2D eigenvalue weighted by Crippen LogP contribution is -2.24. The summed E-state index contributed by atoms with van der Waals surface area (Å²) in [6.07, 6.45) is 0.154. The highest BCUT2D eigenvalue weighted by atomic mass is 19.2. The molecule has 1 aromatic rings. The van der Waals surface area contributed by atoms with Gasteiger partial charge in [0.1, 0.15) is 0 Å². The van der Waals surface area contributed by atoms with Crippen molar-refractivity contribution in [1.29, 1.82) is 0 Å². The normalized spacial score (nSPS) is 12.9. The Kier molecular flexibility index (Phi) is 5.04. The van der Waals surface area contributed by atoms with Gasteiger partial charge in [-0.1, -0.05) is 27.7 Å². The van der Waals surface area contributed by atoms with E-state index >= 15 is 0 Å². The summed E-state index contributed by atoms with van der Waals surface area (Å²) in [6.45, 7) is 7.82. The minimum Gasteiger partial charge on any atom is -0.478 e. The van der Waals surface area contributed by atoms with Gasteiger partial charge in [0.2, 0.25) is 5.91 Å². The number of rotatable bonds is 4. The maximum absolute atomic E-state index is 13.2. The molecular weight excluding hydrogens is 280 g/mol. The predicted octanol–water partition coefficient (Wildman–Crippen LogP) is 3.67. The third-order valence-corrected chi connectivity index (χ3v) is 3.53. The first kappa shape index (κ1) is 17.1. The molecule has 0 spiro atoms. The number of hydrogen-bond acceptors (Lipinski definition) is 2. The first-order chi connectivity index (χ1) is 9.52. The average molecular weight is 299 g/mol. The number of aromatic carboxylic acids is 1. The topological polar surface area (TPSA) is 66.4 Å². The third kappa shape index (κ3) is 4.51. The van der Waals surface area contributed by atoms with E-state index in [0.29, 0.717) is 12.1 Å². The lowest BCUT2D eigenvalue weighted by molar-refractivity contribution is -0.117. The molecule has 0 bridgehead atoms. The van der Waals surface area contributed by atoms with Crippen LogP contribution in [0.2, 0.25) is 0 Å². The van der Waals surface area contributed by atoms with E-state index in [1.807, 2.05) is 27.7 Å². The van der Waals surface area contributed by atoms with Gasteiger partial charge in [0.05, 0.1) is 11.3 Å². The summed E-state index contributed by atoms with van der Waals surface area (Å²) >= 11 is 0. The Morgan fingerprint density at radius 2 is 1.76 bits per heavy atom. The average Bonchev–Trinajstić information content (AvgIpc) is 2.31. The second-order valence-corrected chi connectivity index (χ2v) is 6.14. The van der Waals surface area contributed by atoms with Crippen LogP contribution < -0.4 is 5.32 Å². The number of hydrogen-bond donors (Lipinski definition) is 2. The van der Waals surface area contributed by atoms with Crippen molar-refractivity contribution in [3.8, 4) is 0 Å². The molecule has 0 aliphatic carbocycles. The maximum atomic E-state index is 13.2. The Bertz CT molecular complexity index is 565. The van der Waals surface area contributed by atoms with Crippen molar-refractivity contribution >= 4 is 17.6 Å². The molecule has 21 heavy (non-hydrogen) atoms. The van der Waals surface area contributed by atoms with Gasteiger partial charge in [-0.25, -0.2) is 13.6 Å². The highest BCUT2D eigenvalue weighted by molar-refractivity contribution is 6.00. The lowest BCUT2D eigenvalue weighted by atomic mass is 9.80. The monoisotopic (exact) mass is 299 g/mol. The standard InChI is InChI=1S/C15H19F2NO3/c1-8(15(2,3)4)5-13(19)18-12-7-11(17)10(16)6-9(12)14(20)21/h6-8H,5H2,1-4H3,(H,18,19)(H,20,21). The zero-order valence-electron chi connectivity index (χ0n) is 12.5. The molecule has 1 atom stereocenters. The summed E-state index contributed by atoms with van der Waals surface area (Å²) < 4.78 is 26.3. The SMILES string of the molecule is CC(CC(=O)Nc1cc(F)c(F)cc1C(=O)O)C(C)(C)C. The number of carbonyl (C=O) groups excluding carboxylic acids is 1. The summed E-state index contributed by atoms with van der Waals surface area (Å²) in [4.78, 5) is 22.9. The van der Waals surface area contributed by atoms with E-state index in [-0.39, 0.29) is 23.4 Å². The molecule has 1 rings (SSSR count). The van der Waals surface area contributed by atoms with E-state index in [1.54, 1.807) is 0 Å². The number of nitrogens with one attached hydrogen (secondary N) is 1. The van der Waals surface area contributed by atoms with Gasteiger partial charge in [0.15, 0.2) is 11.6 Å². The summed E-state index contributed by atoms with van der Waals surface area (Å²) in [6, 6.07) is 1.24. The van der Waals surface area contributed by atoms with E-state index < -0.39 is 29.1 Å². The fourth-order valence-corrected chi connectivity index (χ4v) is 1.61. The van der Waals surface area contributed by atoms with Crippen molar-refractivity contribution < 1.29 is 23.5 Å². The zero-order chi connectivity index (χ0) is 16.4. The van der Waals surface area contributed by atoms with Crippen molar-refractivity contribution in [2.45, 2.75) is 34.1 Å². The molecule has 0 fully saturated rings. The van der Waals surface area contributed by atoms with Gasteiger partial charge in [-0.2, -0.15) is 0 Å². The summed E-state index contributed by atoms with van der Waals surface area (Å²) in [5, 5.41) is 11.3. The Hall–Kier alpha value is -1.98. The highest BCUT2D eigenvalue weighted by Gasteiger charge is 2.24. The molecule has 116 valence electrons. The molecule has 1 unspecified atom stereocenters. The summed E-state index contributed by atoms with van der Waals surface area (Å²) in [5.41, 5.74) is -0.820. The number of amides is 1. The zero-order valence-corrected chi connectivity index (χ0v) is 12.5. The molecule has 0 radical (unpaired) electrons. The number of halogens is 2. The van der Waals surface area contributed by atoms with Crippen LogP contribution in [0.15, 0.2) is 12.1 Å². The van der Waals surface area contributed by atoms with Crippen LogP contribution in [0.5, 0.6) is 0 Å². The van der Waals surface area contributed by atoms with Crippen LogP contribution >= 0.6 is 0 Å². The van der Waals surface area contributed by atoms with Crippen LogP contribution in [0.4, 0.5) is 14.5 Å². The molecule has 0 aliphatic rings. The third-order valence-electron chi connectivity index (χ3n) is 3.53. The maximum Gasteiger partial charge on any atom is 0.337 e. The van der Waals surface area contributed by atoms with Gasteiger partial charge in [-0.15, -0.1) is 0 Å². The molecule has 2 N–H and O–H groups in total. The smallest absolute Gasteiger partial charge is 0.337 e. The number of anilines is 1. The van der Waals surface area contributed by atoms with Crippen LogP contribution in [-0.4, -0.2) is 17.0 Å². The second kappa shape index (κ2) is 6.20. The minimum atomic E-state index is -1.44. The Morgan fingerprint density at radius 3 is 2.24 bits per heavy atom. The van der Waals surface area contributed by atoms with Gasteiger partial charge in [0, 0.05) is 12.5 Å². The van der Waals surface area contributed by atoms with Crippen LogP contribution in [0, 0.1) is 23.0 Å². The Balaban J connectivity index is 2.95. The molecule has 0 saturated heterocycles. The molecule has 0 aromatic heterocycles. The molecule has 1 aromatic carbocycles. The van der Waals surface area contributed by atoms with Crippen LogP contribution in [0.25, 0.3) is 0 Å². The molecule has 4 nitrogen and oxygen atoms in total. The predicted molar refractivity (Wildman–Crippen MR) is 75.2 cm³/mol. The lowest BCUT2D eigenvalue weighted by Gasteiger charge is -2.26. The fourth-order valence-electron chi connectivity index (χ4n) is 1.61. The number of carbonyl (C=O) groups is 2. The minimum absolute atomic E-state index is 0.0380. The largest absolute Gasteiger partial charge is 0.478 e. The molecule has 0 aliphatic heterocycles. The molecule has 0 heterocycles. The van der Waals surface area contributed by atoms with Crippen LogP contribution in [-0.2, 0) is 4.79 Å². The van der Waals surface area contributed by atoms with E-state index in [4.69, 9.17) is 5.11 Å². The number of benzene rings is 1. The van der Waals surface area contributed by atoms with Crippen molar-refractivity contribution in [1.82, 2.24) is 0 Å². The fraction of sp³-hybridized carbons (Fsp3) is 0.467. The Labute approximate surface area is 122 Å². The quantitative estimate of drug-likeness (QED) is 0.891. The van der Waals surface area contributed by atoms with E-state index in [2.05, 4.69) is 5.32 Å². The van der Waals surface area contributed by atoms with Crippen molar-refractivity contribution in [3.05, 3.63) is 29.3 Å². The van der Waals surface area contributed by atoms with Gasteiger partial charge < -0.3 is 10.4 Å². The van der Waals surface area contributed by atoms with Crippen molar-refractivity contribution in [3.63, 3.8) is 0 Å². The molecule has 0 saturated carbocycles. The molecule has 6 heteroatoms. The van der Waals surface area contributed by atoms with Crippen molar-refractivity contribution in [2.75, 3.05) is 5.32 Å². The van der Waals surface area contributed by atoms with Crippen molar-refractivity contribution in [2.24, 2.45) is 11.3 Å². The highest BCUT2D eigenvalue weighted by Crippen LogP contribution is 2.28. The number of carboxylic acids is 1. The Morgan fingerprint density at radius 1 is 1.24 bits per heavy atom. The first-order valence-corrected chi connectivity index (χ1v) is 6.54. The van der Waals surface area contributed by atoms with Gasteiger partial charge in [-0.3, -0.25) is 4.79 Å². The van der Waals surface area contributed by atoms with Crippen LogP contribution in [0.1, 0.15) is 44.5 Å². The second-order valence-electron chi connectivity index (χ2n) is 6.14. The first-order valence-electron chi connectivity index (χ1n) is 6.54. The van der Waals surface area contributed by atoms with E-state index in [0.717, 1.165) is 0 Å².